The van der Waals surface area contributed by atoms with Gasteiger partial charge in [0, 0.05) is 5.56 Å². The molecule has 0 radical (unpaired) electrons. The van der Waals surface area contributed by atoms with Crippen molar-refractivity contribution in [3.63, 3.8) is 0 Å². The van der Waals surface area contributed by atoms with Crippen LogP contribution in [0, 0.1) is 0 Å². The van der Waals surface area contributed by atoms with Crippen molar-refractivity contribution in [3.05, 3.63) is 77.9 Å². The molecule has 3 rings (SSSR count). The maximum Gasteiger partial charge on any atom is 0.257 e. The van der Waals surface area contributed by atoms with Crippen molar-refractivity contribution in [2.45, 2.75) is 12.5 Å². The fourth-order valence-corrected chi connectivity index (χ4v) is 2.59. The highest BCUT2D eigenvalue weighted by molar-refractivity contribution is 6.00. The highest BCUT2D eigenvalue weighted by Crippen LogP contribution is 2.16. The third-order valence-corrected chi connectivity index (χ3v) is 3.93. The van der Waals surface area contributed by atoms with Crippen molar-refractivity contribution >= 4 is 22.9 Å². The Labute approximate surface area is 145 Å². The van der Waals surface area contributed by atoms with Gasteiger partial charge in [0.1, 0.15) is 5.75 Å². The Balaban J connectivity index is 1.62. The van der Waals surface area contributed by atoms with Crippen LogP contribution in [0.15, 0.2) is 71.8 Å². The quantitative estimate of drug-likeness (QED) is 0.495. The number of nitrogens with two attached hydrogens (primary N) is 1. The van der Waals surface area contributed by atoms with Gasteiger partial charge >= 0.3 is 0 Å². The standard InChI is InChI=1S/C20H19N3O2/c21-19(12-14-8-10-17(24)11-9-14)20(25)23-22-13-16-6-3-5-15-4-1-2-7-18(15)16/h1-11,13,19,24H,12,21H2,(H,23,25)/b22-13-/t19-/m1/s1. The first-order valence-electron chi connectivity index (χ1n) is 7.97. The normalized spacial score (nSPS) is 12.4. The lowest BCUT2D eigenvalue weighted by Crippen LogP contribution is -2.39. The molecule has 126 valence electrons. The van der Waals surface area contributed by atoms with Crippen molar-refractivity contribution in [1.82, 2.24) is 5.43 Å². The van der Waals surface area contributed by atoms with Crippen molar-refractivity contribution in [3.8, 4) is 5.75 Å². The Morgan fingerprint density at radius 2 is 1.80 bits per heavy atom. The first kappa shape index (κ1) is 16.7. The smallest absolute Gasteiger partial charge is 0.257 e. The van der Waals surface area contributed by atoms with E-state index in [-0.39, 0.29) is 11.7 Å². The lowest BCUT2D eigenvalue weighted by Gasteiger charge is -2.10. The molecule has 0 aliphatic heterocycles. The second-order valence-electron chi connectivity index (χ2n) is 5.78. The fraction of sp³-hybridized carbons (Fsp3) is 0.100. The number of hydrogen-bond donors (Lipinski definition) is 3. The van der Waals surface area contributed by atoms with Crippen LogP contribution in [0.5, 0.6) is 5.75 Å². The van der Waals surface area contributed by atoms with E-state index in [4.69, 9.17) is 5.73 Å². The lowest BCUT2D eigenvalue weighted by molar-refractivity contribution is -0.122. The third-order valence-electron chi connectivity index (χ3n) is 3.93. The van der Waals surface area contributed by atoms with Crippen LogP contribution in [0.2, 0.25) is 0 Å². The summed E-state index contributed by atoms with van der Waals surface area (Å²) in [5, 5.41) is 15.5. The molecule has 0 bridgehead atoms. The van der Waals surface area contributed by atoms with E-state index in [1.54, 1.807) is 30.5 Å². The van der Waals surface area contributed by atoms with Crippen molar-refractivity contribution in [2.24, 2.45) is 10.8 Å². The van der Waals surface area contributed by atoms with Crippen molar-refractivity contribution < 1.29 is 9.90 Å². The van der Waals surface area contributed by atoms with E-state index < -0.39 is 6.04 Å². The van der Waals surface area contributed by atoms with Gasteiger partial charge in [0.05, 0.1) is 12.3 Å². The first-order valence-corrected chi connectivity index (χ1v) is 7.97. The molecule has 1 amide bonds. The monoisotopic (exact) mass is 333 g/mol. The van der Waals surface area contributed by atoms with Crippen molar-refractivity contribution in [2.75, 3.05) is 0 Å². The molecule has 0 aromatic heterocycles. The Morgan fingerprint density at radius 3 is 2.60 bits per heavy atom. The molecule has 3 aromatic rings. The van der Waals surface area contributed by atoms with E-state index in [2.05, 4.69) is 10.5 Å². The number of fused-ring (bicyclic) bond motifs is 1. The SMILES string of the molecule is N[C@H](Cc1ccc(O)cc1)C(=O)N/N=C\c1cccc2ccccc12. The number of carbonyl (C=O) groups is 1. The Kier molecular flexibility index (Phi) is 5.06. The van der Waals surface area contributed by atoms with Gasteiger partial charge in [-0.2, -0.15) is 5.10 Å². The Hall–Kier alpha value is -3.18. The van der Waals surface area contributed by atoms with E-state index in [1.165, 1.54) is 0 Å². The van der Waals surface area contributed by atoms with Gasteiger partial charge < -0.3 is 10.8 Å². The molecule has 25 heavy (non-hydrogen) atoms. The van der Waals surface area contributed by atoms with E-state index in [9.17, 15) is 9.90 Å². The second-order valence-corrected chi connectivity index (χ2v) is 5.78. The summed E-state index contributed by atoms with van der Waals surface area (Å²) in [4.78, 5) is 12.1. The summed E-state index contributed by atoms with van der Waals surface area (Å²) in [7, 11) is 0. The van der Waals surface area contributed by atoms with E-state index in [0.717, 1.165) is 21.9 Å². The molecular weight excluding hydrogens is 314 g/mol. The Morgan fingerprint density at radius 1 is 1.08 bits per heavy atom. The van der Waals surface area contributed by atoms with Gasteiger partial charge in [-0.15, -0.1) is 0 Å². The third kappa shape index (κ3) is 4.22. The molecule has 0 heterocycles. The predicted molar refractivity (Wildman–Crippen MR) is 99.5 cm³/mol. The first-order chi connectivity index (χ1) is 12.1. The van der Waals surface area contributed by atoms with E-state index in [0.29, 0.717) is 6.42 Å². The zero-order valence-corrected chi connectivity index (χ0v) is 13.6. The van der Waals surface area contributed by atoms with Gasteiger partial charge in [0.25, 0.3) is 5.91 Å². The molecule has 3 aromatic carbocycles. The van der Waals surface area contributed by atoms with Gasteiger partial charge in [-0.25, -0.2) is 5.43 Å². The summed E-state index contributed by atoms with van der Waals surface area (Å²) in [6, 6.07) is 19.8. The van der Waals surface area contributed by atoms with Crippen LogP contribution in [-0.4, -0.2) is 23.3 Å². The fourth-order valence-electron chi connectivity index (χ4n) is 2.59. The minimum Gasteiger partial charge on any atom is -0.508 e. The molecule has 0 fully saturated rings. The second kappa shape index (κ2) is 7.59. The van der Waals surface area contributed by atoms with Gasteiger partial charge in [0.15, 0.2) is 0 Å². The van der Waals surface area contributed by atoms with Crippen LogP contribution in [0.1, 0.15) is 11.1 Å². The minimum atomic E-state index is -0.714. The maximum absolute atomic E-state index is 12.1. The van der Waals surface area contributed by atoms with Crippen LogP contribution in [0.3, 0.4) is 0 Å². The zero-order chi connectivity index (χ0) is 17.6. The number of aromatic hydroxyl groups is 1. The van der Waals surface area contributed by atoms with Crippen molar-refractivity contribution in [1.29, 1.82) is 0 Å². The summed E-state index contributed by atoms with van der Waals surface area (Å²) < 4.78 is 0. The maximum atomic E-state index is 12.1. The van der Waals surface area contributed by atoms with Gasteiger partial charge in [0.2, 0.25) is 0 Å². The molecule has 0 unspecified atom stereocenters. The number of hydrogen-bond acceptors (Lipinski definition) is 4. The average molecular weight is 333 g/mol. The number of amides is 1. The number of nitrogens with zero attached hydrogens (tertiary/aromatic N) is 1. The molecule has 0 aliphatic carbocycles. The highest BCUT2D eigenvalue weighted by Gasteiger charge is 2.13. The largest absolute Gasteiger partial charge is 0.508 e. The predicted octanol–water partition coefficient (Wildman–Crippen LogP) is 2.57. The van der Waals surface area contributed by atoms with Crippen LogP contribution in [0.4, 0.5) is 0 Å². The van der Waals surface area contributed by atoms with Crippen LogP contribution >= 0.6 is 0 Å². The molecule has 5 heteroatoms. The van der Waals surface area contributed by atoms with Gasteiger partial charge in [-0.3, -0.25) is 4.79 Å². The zero-order valence-electron chi connectivity index (χ0n) is 13.6. The number of phenolic OH excluding ortho intramolecular Hbond substituents is 1. The van der Waals surface area contributed by atoms with E-state index >= 15 is 0 Å². The van der Waals surface area contributed by atoms with Crippen LogP contribution in [0.25, 0.3) is 10.8 Å². The van der Waals surface area contributed by atoms with E-state index in [1.807, 2.05) is 42.5 Å². The molecule has 0 saturated carbocycles. The molecular formula is C20H19N3O2. The molecule has 0 aliphatic rings. The summed E-state index contributed by atoms with van der Waals surface area (Å²) in [5.74, 6) is -0.175. The number of benzene rings is 3. The summed E-state index contributed by atoms with van der Waals surface area (Å²) in [6.45, 7) is 0. The van der Waals surface area contributed by atoms with Gasteiger partial charge in [-0.05, 0) is 34.9 Å². The molecule has 4 N–H and O–H groups in total. The number of phenols is 1. The number of carbonyl (C=O) groups excluding carboxylic acids is 1. The molecule has 5 nitrogen and oxygen atoms in total. The molecule has 0 spiro atoms. The van der Waals surface area contributed by atoms with Gasteiger partial charge in [-0.1, -0.05) is 54.6 Å². The molecule has 1 atom stereocenters. The molecule has 0 saturated heterocycles. The highest BCUT2D eigenvalue weighted by atomic mass is 16.3. The summed E-state index contributed by atoms with van der Waals surface area (Å²) in [6.07, 6.45) is 1.99. The Bertz CT molecular complexity index is 899. The number of hydrazone groups is 1. The van der Waals surface area contributed by atoms with Crippen LogP contribution < -0.4 is 11.2 Å². The number of nitrogens with one attached hydrogen (secondary N) is 1. The summed E-state index contributed by atoms with van der Waals surface area (Å²) >= 11 is 0. The van der Waals surface area contributed by atoms with Crippen LogP contribution in [-0.2, 0) is 11.2 Å². The topological polar surface area (TPSA) is 87.7 Å². The minimum absolute atomic E-state index is 0.182. The number of rotatable bonds is 5. The summed E-state index contributed by atoms with van der Waals surface area (Å²) in [5.41, 5.74) is 10.2. The average Bonchev–Trinajstić information content (AvgIpc) is 2.63. The lowest BCUT2D eigenvalue weighted by atomic mass is 10.1.